The predicted octanol–water partition coefficient (Wildman–Crippen LogP) is 2.98. The largest absolute Gasteiger partial charge is 0.497 e. The van der Waals surface area contributed by atoms with Crippen LogP contribution in [0.3, 0.4) is 0 Å². The van der Waals surface area contributed by atoms with Gasteiger partial charge in [-0.15, -0.1) is 5.10 Å². The molecular weight excluding hydrogens is 434 g/mol. The number of carbonyl (C=O) groups is 1. The second kappa shape index (κ2) is 9.34. The molecule has 10 heteroatoms. The van der Waals surface area contributed by atoms with Gasteiger partial charge < -0.3 is 19.9 Å². The third-order valence-electron chi connectivity index (χ3n) is 6.08. The fourth-order valence-corrected chi connectivity index (χ4v) is 4.17. The molecule has 1 aliphatic rings. The van der Waals surface area contributed by atoms with Crippen LogP contribution >= 0.6 is 0 Å². The zero-order chi connectivity index (χ0) is 23.5. The molecule has 0 spiro atoms. The summed E-state index contributed by atoms with van der Waals surface area (Å²) in [7, 11) is 1.60. The monoisotopic (exact) mass is 459 g/mol. The fourth-order valence-electron chi connectivity index (χ4n) is 4.17. The molecule has 5 rings (SSSR count). The standard InChI is InChI=1S/C24H25N7O3/c1-34-19-9-7-18(8-10-19)25-24(33)30-13-11-17(12-14-30)21-26-22-20(23(32)27-21)28-29-31(22)15-16-5-3-2-4-6-16/h2-10,17H,11-15H2,1H3,(H,25,33)(H,26,27,32). The number of nitrogens with zero attached hydrogens (tertiary/aromatic N) is 5. The van der Waals surface area contributed by atoms with E-state index in [1.165, 1.54) is 0 Å². The maximum absolute atomic E-state index is 12.7. The van der Waals surface area contributed by atoms with E-state index in [9.17, 15) is 9.59 Å². The van der Waals surface area contributed by atoms with Crippen LogP contribution in [0.5, 0.6) is 5.75 Å². The molecule has 1 aliphatic heterocycles. The lowest BCUT2D eigenvalue weighted by Gasteiger charge is -2.31. The van der Waals surface area contributed by atoms with Crippen molar-refractivity contribution >= 4 is 22.9 Å². The maximum atomic E-state index is 12.7. The number of methoxy groups -OCH3 is 1. The third-order valence-corrected chi connectivity index (χ3v) is 6.08. The third kappa shape index (κ3) is 4.47. The van der Waals surface area contributed by atoms with Gasteiger partial charge in [-0.1, -0.05) is 35.5 Å². The van der Waals surface area contributed by atoms with E-state index in [4.69, 9.17) is 9.72 Å². The topological polar surface area (TPSA) is 118 Å². The summed E-state index contributed by atoms with van der Waals surface area (Å²) in [5.41, 5.74) is 2.18. The molecule has 10 nitrogen and oxygen atoms in total. The van der Waals surface area contributed by atoms with E-state index < -0.39 is 0 Å². The van der Waals surface area contributed by atoms with Crippen LogP contribution in [0.25, 0.3) is 11.2 Å². The number of anilines is 1. The van der Waals surface area contributed by atoms with Crippen molar-refractivity contribution in [3.8, 4) is 5.75 Å². The minimum absolute atomic E-state index is 0.0437. The molecule has 2 N–H and O–H groups in total. The number of piperidine rings is 1. The van der Waals surface area contributed by atoms with Crippen LogP contribution in [0.4, 0.5) is 10.5 Å². The van der Waals surface area contributed by atoms with Gasteiger partial charge in [0, 0.05) is 24.7 Å². The van der Waals surface area contributed by atoms with E-state index in [2.05, 4.69) is 20.6 Å². The van der Waals surface area contributed by atoms with Gasteiger partial charge in [0.15, 0.2) is 11.2 Å². The average molecular weight is 460 g/mol. The summed E-state index contributed by atoms with van der Waals surface area (Å²) in [6, 6.07) is 16.9. The molecule has 2 aromatic heterocycles. The van der Waals surface area contributed by atoms with Crippen LogP contribution in [0.1, 0.15) is 30.1 Å². The summed E-state index contributed by atoms with van der Waals surface area (Å²) in [5.74, 6) is 1.39. The zero-order valence-corrected chi connectivity index (χ0v) is 18.8. The number of rotatable bonds is 5. The van der Waals surface area contributed by atoms with E-state index in [0.29, 0.717) is 49.6 Å². The van der Waals surface area contributed by atoms with Gasteiger partial charge in [0.25, 0.3) is 5.56 Å². The number of nitrogens with one attached hydrogen (secondary N) is 2. The number of aromatic nitrogens is 5. The van der Waals surface area contributed by atoms with Crippen molar-refractivity contribution < 1.29 is 9.53 Å². The van der Waals surface area contributed by atoms with Crippen LogP contribution in [-0.4, -0.2) is 56.1 Å². The van der Waals surface area contributed by atoms with Gasteiger partial charge in [-0.05, 0) is 42.7 Å². The molecular formula is C24H25N7O3. The van der Waals surface area contributed by atoms with Crippen molar-refractivity contribution in [3.63, 3.8) is 0 Å². The molecule has 0 aliphatic carbocycles. The number of hydrogen-bond acceptors (Lipinski definition) is 6. The zero-order valence-electron chi connectivity index (χ0n) is 18.8. The molecule has 0 bridgehead atoms. The van der Waals surface area contributed by atoms with Crippen LogP contribution in [0, 0.1) is 0 Å². The SMILES string of the molecule is COc1ccc(NC(=O)N2CCC(c3nc4c(nnn4Cc4ccccc4)c(=O)[nH]3)CC2)cc1. The molecule has 174 valence electrons. The minimum Gasteiger partial charge on any atom is -0.497 e. The van der Waals surface area contributed by atoms with Gasteiger partial charge in [0.1, 0.15) is 11.6 Å². The lowest BCUT2D eigenvalue weighted by Crippen LogP contribution is -2.41. The van der Waals surface area contributed by atoms with Crippen LogP contribution in [0.2, 0.25) is 0 Å². The molecule has 0 radical (unpaired) electrons. The van der Waals surface area contributed by atoms with Crippen LogP contribution in [0.15, 0.2) is 59.4 Å². The second-order valence-electron chi connectivity index (χ2n) is 8.28. The quantitative estimate of drug-likeness (QED) is 0.474. The molecule has 0 atom stereocenters. The molecule has 2 amide bonds. The average Bonchev–Trinajstić information content (AvgIpc) is 3.28. The Kier molecular flexibility index (Phi) is 5.94. The first kappa shape index (κ1) is 21.6. The van der Waals surface area contributed by atoms with Crippen molar-refractivity contribution in [2.24, 2.45) is 0 Å². The smallest absolute Gasteiger partial charge is 0.321 e. The van der Waals surface area contributed by atoms with Gasteiger partial charge in [0.2, 0.25) is 0 Å². The number of ether oxygens (including phenoxy) is 1. The Morgan fingerprint density at radius 1 is 1.12 bits per heavy atom. The Hall–Kier alpha value is -4.21. The summed E-state index contributed by atoms with van der Waals surface area (Å²) in [5, 5.41) is 11.1. The molecule has 34 heavy (non-hydrogen) atoms. The van der Waals surface area contributed by atoms with Crippen LogP contribution in [-0.2, 0) is 6.54 Å². The van der Waals surface area contributed by atoms with Crippen LogP contribution < -0.4 is 15.6 Å². The highest BCUT2D eigenvalue weighted by atomic mass is 16.5. The summed E-state index contributed by atoms with van der Waals surface area (Å²) >= 11 is 0. The molecule has 4 aromatic rings. The maximum Gasteiger partial charge on any atom is 0.321 e. The van der Waals surface area contributed by atoms with E-state index in [1.54, 1.807) is 41.0 Å². The van der Waals surface area contributed by atoms with Crippen molar-refractivity contribution in [1.29, 1.82) is 0 Å². The summed E-state index contributed by atoms with van der Waals surface area (Å²) < 4.78 is 6.80. The number of H-pyrrole nitrogens is 1. The molecule has 1 fully saturated rings. The first-order valence-electron chi connectivity index (χ1n) is 11.2. The molecule has 1 saturated heterocycles. The van der Waals surface area contributed by atoms with Gasteiger partial charge in [-0.2, -0.15) is 0 Å². The highest BCUT2D eigenvalue weighted by Crippen LogP contribution is 2.26. The highest BCUT2D eigenvalue weighted by Gasteiger charge is 2.26. The highest BCUT2D eigenvalue weighted by molar-refractivity contribution is 5.89. The number of benzene rings is 2. The lowest BCUT2D eigenvalue weighted by molar-refractivity contribution is 0.193. The van der Waals surface area contributed by atoms with E-state index >= 15 is 0 Å². The van der Waals surface area contributed by atoms with Gasteiger partial charge in [-0.25, -0.2) is 14.5 Å². The Balaban J connectivity index is 1.27. The number of carbonyl (C=O) groups excluding carboxylic acids is 1. The molecule has 2 aromatic carbocycles. The normalized spacial score (nSPS) is 14.3. The first-order valence-corrected chi connectivity index (χ1v) is 11.2. The molecule has 3 heterocycles. The van der Waals surface area contributed by atoms with Crippen molar-refractivity contribution in [2.45, 2.75) is 25.3 Å². The van der Waals surface area contributed by atoms with E-state index in [1.807, 2.05) is 30.3 Å². The van der Waals surface area contributed by atoms with Gasteiger partial charge in [-0.3, -0.25) is 4.79 Å². The Morgan fingerprint density at radius 2 is 1.85 bits per heavy atom. The van der Waals surface area contributed by atoms with Crippen molar-refractivity contribution in [3.05, 3.63) is 76.3 Å². The number of aromatic amines is 1. The fraction of sp³-hybridized carbons (Fsp3) is 0.292. The van der Waals surface area contributed by atoms with Crippen molar-refractivity contribution in [2.75, 3.05) is 25.5 Å². The lowest BCUT2D eigenvalue weighted by atomic mass is 9.96. The summed E-state index contributed by atoms with van der Waals surface area (Å²) in [6.45, 7) is 1.61. The van der Waals surface area contributed by atoms with E-state index in [-0.39, 0.29) is 23.0 Å². The Morgan fingerprint density at radius 3 is 2.56 bits per heavy atom. The van der Waals surface area contributed by atoms with Gasteiger partial charge in [0.05, 0.1) is 13.7 Å². The number of amides is 2. The minimum atomic E-state index is -0.293. The van der Waals surface area contributed by atoms with E-state index in [0.717, 1.165) is 11.3 Å². The number of likely N-dealkylation sites (tertiary alicyclic amines) is 1. The first-order chi connectivity index (χ1) is 16.6. The summed E-state index contributed by atoms with van der Waals surface area (Å²) in [6.07, 6.45) is 1.40. The van der Waals surface area contributed by atoms with Crippen molar-refractivity contribution in [1.82, 2.24) is 29.9 Å². The number of urea groups is 1. The summed E-state index contributed by atoms with van der Waals surface area (Å²) in [4.78, 5) is 34.7. The predicted molar refractivity (Wildman–Crippen MR) is 127 cm³/mol. The molecule has 0 saturated carbocycles. The Bertz CT molecular complexity index is 1340. The second-order valence-corrected chi connectivity index (χ2v) is 8.28. The van der Waals surface area contributed by atoms with Gasteiger partial charge >= 0.3 is 6.03 Å². The number of hydrogen-bond donors (Lipinski definition) is 2. The molecule has 0 unspecified atom stereocenters. The Labute approximate surface area is 195 Å². The number of fused-ring (bicyclic) bond motifs is 1.